The van der Waals surface area contributed by atoms with Crippen molar-refractivity contribution in [2.45, 2.75) is 50.2 Å². The molecule has 0 amide bonds. The number of nitrogens with one attached hydrogen (secondary N) is 2. The Kier molecular flexibility index (Phi) is 6.26. The highest BCUT2D eigenvalue weighted by atomic mass is 32.2. The first kappa shape index (κ1) is 20.9. The van der Waals surface area contributed by atoms with Crippen molar-refractivity contribution < 1.29 is 17.3 Å². The number of aromatic nitrogens is 3. The van der Waals surface area contributed by atoms with Crippen LogP contribution >= 0.6 is 0 Å². The summed E-state index contributed by atoms with van der Waals surface area (Å²) in [6.07, 6.45) is 4.61. The number of para-hydroxylation sites is 1. The van der Waals surface area contributed by atoms with E-state index >= 15 is 0 Å². The average molecular weight is 500 g/mol. The van der Waals surface area contributed by atoms with Gasteiger partial charge in [-0.2, -0.15) is 4.98 Å². The first-order valence-corrected chi connectivity index (χ1v) is 13.1. The molecule has 1 aromatic heterocycles. The van der Waals surface area contributed by atoms with Gasteiger partial charge in [0.2, 0.25) is 11.9 Å². The van der Waals surface area contributed by atoms with Crippen LogP contribution in [0.2, 0.25) is 0 Å². The molecule has 1 fully saturated rings. The lowest BCUT2D eigenvalue weighted by Crippen LogP contribution is -2.30. The van der Waals surface area contributed by atoms with Crippen LogP contribution in [0.3, 0.4) is 0 Å². The second-order valence-electron chi connectivity index (χ2n) is 8.76. The van der Waals surface area contributed by atoms with E-state index in [0.717, 1.165) is 37.2 Å². The Morgan fingerprint density at radius 1 is 1.03 bits per heavy atom. The van der Waals surface area contributed by atoms with Gasteiger partial charge in [0.05, 0.1) is 32.7 Å². The number of hydrogen-bond acceptors (Lipinski definition) is 9. The van der Waals surface area contributed by atoms with E-state index in [9.17, 15) is 8.42 Å². The maximum Gasteiger partial charge on any atom is 0.232 e. The summed E-state index contributed by atoms with van der Waals surface area (Å²) in [5.74, 6) is 0.403. The molecule has 10 heteroatoms. The Hall–Kier alpha value is -3.40. The van der Waals surface area contributed by atoms with Crippen LogP contribution in [-0.4, -0.2) is 48.7 Å². The number of sulfone groups is 1. The van der Waals surface area contributed by atoms with Gasteiger partial charge in [0.15, 0.2) is 9.84 Å². The monoisotopic (exact) mass is 499 g/mol. The zero-order chi connectivity index (χ0) is 27.5. The van der Waals surface area contributed by atoms with E-state index in [1.807, 2.05) is 13.0 Å². The van der Waals surface area contributed by atoms with Crippen LogP contribution in [0.5, 0.6) is 5.75 Å². The van der Waals surface area contributed by atoms with Crippen LogP contribution in [0.25, 0.3) is 0 Å². The summed E-state index contributed by atoms with van der Waals surface area (Å²) in [6.45, 7) is 7.00. The molecule has 2 aromatic carbocycles. The van der Waals surface area contributed by atoms with Crippen LogP contribution in [0.1, 0.15) is 42.8 Å². The van der Waals surface area contributed by atoms with Crippen molar-refractivity contribution in [3.8, 4) is 5.75 Å². The minimum Gasteiger partial charge on any atom is -0.494 e. The van der Waals surface area contributed by atoms with Gasteiger partial charge in [-0.3, -0.25) is 0 Å². The highest BCUT2D eigenvalue weighted by molar-refractivity contribution is 7.92. The number of benzene rings is 2. The number of anilines is 5. The third-order valence-electron chi connectivity index (χ3n) is 5.98. The minimum atomic E-state index is -3.55. The van der Waals surface area contributed by atoms with Crippen molar-refractivity contribution in [1.82, 2.24) is 15.0 Å². The number of methoxy groups -OCH3 is 1. The van der Waals surface area contributed by atoms with Gasteiger partial charge in [-0.1, -0.05) is 12.1 Å². The summed E-state index contributed by atoms with van der Waals surface area (Å²) in [5, 5.41) is 5.41. The molecule has 9 nitrogen and oxygen atoms in total. The number of piperidine rings is 1. The Morgan fingerprint density at radius 2 is 1.71 bits per heavy atom. The van der Waals surface area contributed by atoms with E-state index in [0.29, 0.717) is 11.4 Å². The maximum atomic E-state index is 12.8. The molecule has 0 unspecified atom stereocenters. The largest absolute Gasteiger partial charge is 0.494 e. The quantitative estimate of drug-likeness (QED) is 0.449. The van der Waals surface area contributed by atoms with Crippen molar-refractivity contribution >= 4 is 38.8 Å². The summed E-state index contributed by atoms with van der Waals surface area (Å²) >= 11 is 0. The lowest BCUT2D eigenvalue weighted by Gasteiger charge is -2.30. The van der Waals surface area contributed by atoms with Crippen molar-refractivity contribution in [2.75, 3.05) is 35.7 Å². The lowest BCUT2D eigenvalue weighted by atomic mass is 10.1. The molecule has 1 aliphatic rings. The normalized spacial score (nSPS) is 15.8. The van der Waals surface area contributed by atoms with Crippen molar-refractivity contribution in [3.63, 3.8) is 0 Å². The molecule has 2 heterocycles. The summed E-state index contributed by atoms with van der Waals surface area (Å²) in [5.41, 5.74) is 2.61. The van der Waals surface area contributed by atoms with Crippen molar-refractivity contribution in [2.24, 2.45) is 0 Å². The molecular formula is C25H32N6O3S. The maximum absolute atomic E-state index is 12.8. The molecule has 4 rings (SSSR count). The zero-order valence-corrected chi connectivity index (χ0v) is 20.9. The molecule has 0 radical (unpaired) electrons. The fraction of sp³-hybridized carbons (Fsp3) is 0.400. The van der Waals surface area contributed by atoms with E-state index in [2.05, 4.69) is 30.5 Å². The predicted molar refractivity (Wildman–Crippen MR) is 139 cm³/mol. The zero-order valence-electron chi connectivity index (χ0n) is 23.1. The number of ether oxygens (including phenoxy) is 1. The van der Waals surface area contributed by atoms with E-state index < -0.39 is 22.1 Å². The van der Waals surface area contributed by atoms with Crippen LogP contribution in [-0.2, 0) is 9.84 Å². The topological polar surface area (TPSA) is 109 Å². The summed E-state index contributed by atoms with van der Waals surface area (Å²) in [7, 11) is -6.20. The molecule has 0 bridgehead atoms. The molecule has 35 heavy (non-hydrogen) atoms. The Labute approximate surface area is 211 Å². The number of nitrogens with zero attached hydrogens (tertiary/aromatic N) is 4. The Balaban J connectivity index is 1.64. The molecule has 0 saturated carbocycles. The third kappa shape index (κ3) is 5.48. The fourth-order valence-corrected chi connectivity index (χ4v) is 5.27. The number of rotatable bonds is 8. The minimum absolute atomic E-state index is 0.119. The van der Waals surface area contributed by atoms with Gasteiger partial charge in [0.25, 0.3) is 0 Å². The highest BCUT2D eigenvalue weighted by Gasteiger charge is 2.23. The third-order valence-corrected chi connectivity index (χ3v) is 8.19. The van der Waals surface area contributed by atoms with Crippen LogP contribution < -0.4 is 20.3 Å². The second-order valence-corrected chi connectivity index (χ2v) is 11.2. The highest BCUT2D eigenvalue weighted by Crippen LogP contribution is 2.35. The van der Waals surface area contributed by atoms with Gasteiger partial charge >= 0.3 is 0 Å². The Bertz CT molecular complexity index is 1390. The molecule has 1 aliphatic heterocycles. The SMILES string of the molecule is [2H]C([2H])([2H])Oc1cc(N2CCCCC2)c(C)cc1Nc1ncnc(Nc2ccccc2S(=O)(=O)C(C)C)n1. The molecule has 3 aromatic rings. The summed E-state index contributed by atoms with van der Waals surface area (Å²) in [4.78, 5) is 15.0. The van der Waals surface area contributed by atoms with Gasteiger partial charge < -0.3 is 20.3 Å². The molecule has 0 atom stereocenters. The van der Waals surface area contributed by atoms with Gasteiger partial charge in [0, 0.05) is 24.8 Å². The average Bonchev–Trinajstić information content (AvgIpc) is 2.86. The van der Waals surface area contributed by atoms with E-state index in [1.165, 1.54) is 18.8 Å². The van der Waals surface area contributed by atoms with Gasteiger partial charge in [0.1, 0.15) is 12.1 Å². The first-order chi connectivity index (χ1) is 17.9. The van der Waals surface area contributed by atoms with Crippen molar-refractivity contribution in [1.29, 1.82) is 0 Å². The van der Waals surface area contributed by atoms with E-state index in [4.69, 9.17) is 8.85 Å². The molecule has 2 N–H and O–H groups in total. The van der Waals surface area contributed by atoms with Gasteiger partial charge in [-0.05, 0) is 63.8 Å². The molecule has 1 saturated heterocycles. The summed E-state index contributed by atoms with van der Waals surface area (Å²) in [6, 6.07) is 10.1. The van der Waals surface area contributed by atoms with Crippen LogP contribution in [0, 0.1) is 6.92 Å². The first-order valence-electron chi connectivity index (χ1n) is 13.1. The Morgan fingerprint density at radius 3 is 2.40 bits per heavy atom. The molecule has 0 spiro atoms. The smallest absolute Gasteiger partial charge is 0.232 e. The van der Waals surface area contributed by atoms with Gasteiger partial charge in [-0.25, -0.2) is 18.4 Å². The van der Waals surface area contributed by atoms with Crippen LogP contribution in [0.4, 0.5) is 29.0 Å². The predicted octanol–water partition coefficient (Wildman–Crippen LogP) is 4.85. The lowest BCUT2D eigenvalue weighted by molar-refractivity contribution is 0.416. The van der Waals surface area contributed by atoms with Crippen molar-refractivity contribution in [3.05, 3.63) is 48.3 Å². The molecule has 186 valence electrons. The van der Waals surface area contributed by atoms with Gasteiger partial charge in [-0.15, -0.1) is 0 Å². The summed E-state index contributed by atoms with van der Waals surface area (Å²) < 4.78 is 53.9. The standard InChI is InChI=1S/C25H32N6O3S/c1-17(2)35(32,33)23-11-7-6-10-19(23)28-24-26-16-27-25(30-24)29-20-14-18(3)21(15-22(20)34-4)31-12-8-5-9-13-31/h6-7,10-11,14-17H,5,8-9,12-13H2,1-4H3,(H2,26,27,28,29,30)/i4D3. The van der Waals surface area contributed by atoms with E-state index in [1.54, 1.807) is 38.1 Å². The van der Waals surface area contributed by atoms with Crippen LogP contribution in [0.15, 0.2) is 47.6 Å². The number of hydrogen-bond donors (Lipinski definition) is 2. The number of aryl methyl sites for hydroxylation is 1. The molecule has 0 aliphatic carbocycles. The molecular weight excluding hydrogens is 464 g/mol. The fourth-order valence-electron chi connectivity index (χ4n) is 4.06. The van der Waals surface area contributed by atoms with E-state index in [-0.39, 0.29) is 22.5 Å². The second kappa shape index (κ2) is 10.5.